The molecule has 2 saturated heterocycles. The van der Waals surface area contributed by atoms with E-state index in [1.54, 1.807) is 0 Å². The second-order valence-electron chi connectivity index (χ2n) is 11.2. The lowest BCUT2D eigenvalue weighted by Gasteiger charge is -2.39. The average Bonchev–Trinajstić information content (AvgIpc) is 3.27. The highest BCUT2D eigenvalue weighted by molar-refractivity contribution is 4.87. The Hall–Kier alpha value is -0.120. The van der Waals surface area contributed by atoms with Gasteiger partial charge in [-0.15, -0.1) is 0 Å². The zero-order chi connectivity index (χ0) is 23.0. The smallest absolute Gasteiger partial charge is 0.0236 e. The highest BCUT2D eigenvalue weighted by Gasteiger charge is 2.31. The van der Waals surface area contributed by atoms with E-state index in [-0.39, 0.29) is 0 Å². The Balaban J connectivity index is 1.65. The van der Waals surface area contributed by atoms with Crippen LogP contribution in [0.2, 0.25) is 0 Å². The third-order valence-electron chi connectivity index (χ3n) is 8.41. The summed E-state index contributed by atoms with van der Waals surface area (Å²) in [7, 11) is 0. The van der Waals surface area contributed by atoms with Gasteiger partial charge >= 0.3 is 0 Å². The van der Waals surface area contributed by atoms with Gasteiger partial charge in [-0.3, -0.25) is 4.90 Å². The Morgan fingerprint density at radius 2 is 1.22 bits per heavy atom. The van der Waals surface area contributed by atoms with Crippen molar-refractivity contribution in [2.24, 2.45) is 11.8 Å². The first-order valence-corrected chi connectivity index (χ1v) is 14.9. The minimum Gasteiger partial charge on any atom is -0.301 e. The van der Waals surface area contributed by atoms with Crippen LogP contribution in [0.15, 0.2) is 0 Å². The van der Waals surface area contributed by atoms with Crippen LogP contribution < -0.4 is 0 Å². The van der Waals surface area contributed by atoms with Crippen LogP contribution >= 0.6 is 0 Å². The van der Waals surface area contributed by atoms with Crippen molar-refractivity contribution in [2.75, 3.05) is 52.4 Å². The molecule has 32 heavy (non-hydrogen) atoms. The summed E-state index contributed by atoms with van der Waals surface area (Å²) in [5.41, 5.74) is 0. The number of hydrogen-bond donors (Lipinski definition) is 0. The number of unbranched alkanes of at least 4 members (excludes halogenated alkanes) is 6. The van der Waals surface area contributed by atoms with Crippen molar-refractivity contribution in [2.45, 2.75) is 124 Å². The molecule has 0 saturated carbocycles. The second kappa shape index (κ2) is 17.3. The maximum absolute atomic E-state index is 2.84. The lowest BCUT2D eigenvalue weighted by Crippen LogP contribution is -2.51. The molecule has 3 atom stereocenters. The van der Waals surface area contributed by atoms with E-state index >= 15 is 0 Å². The highest BCUT2D eigenvalue weighted by Crippen LogP contribution is 2.24. The van der Waals surface area contributed by atoms with Gasteiger partial charge in [-0.05, 0) is 44.1 Å². The predicted octanol–water partition coefficient (Wildman–Crippen LogP) is 7.06. The van der Waals surface area contributed by atoms with Gasteiger partial charge in [0.05, 0.1) is 0 Å². The molecule has 0 aliphatic carbocycles. The Bertz CT molecular complexity index is 432. The van der Waals surface area contributed by atoms with Gasteiger partial charge in [-0.25, -0.2) is 0 Å². The van der Waals surface area contributed by atoms with Crippen LogP contribution in [0.25, 0.3) is 0 Å². The molecule has 2 heterocycles. The maximum atomic E-state index is 2.84. The van der Waals surface area contributed by atoms with Crippen molar-refractivity contribution >= 4 is 0 Å². The van der Waals surface area contributed by atoms with Gasteiger partial charge in [-0.1, -0.05) is 91.9 Å². The summed E-state index contributed by atoms with van der Waals surface area (Å²) in [5, 5.41) is 0. The second-order valence-corrected chi connectivity index (χ2v) is 11.2. The lowest BCUT2D eigenvalue weighted by atomic mass is 9.95. The third-order valence-corrected chi connectivity index (χ3v) is 8.41. The summed E-state index contributed by atoms with van der Waals surface area (Å²) in [5.74, 6) is 1.86. The fraction of sp³-hybridized carbons (Fsp3) is 1.00. The van der Waals surface area contributed by atoms with Crippen LogP contribution in [0.5, 0.6) is 0 Å². The van der Waals surface area contributed by atoms with Gasteiger partial charge in [0.2, 0.25) is 0 Å². The zero-order valence-electron chi connectivity index (χ0n) is 22.6. The van der Waals surface area contributed by atoms with Crippen LogP contribution in [-0.2, 0) is 0 Å². The van der Waals surface area contributed by atoms with Gasteiger partial charge < -0.3 is 9.80 Å². The summed E-state index contributed by atoms with van der Waals surface area (Å²) in [6.45, 7) is 20.0. The standard InChI is InChI=1S/C29H59N3/c1-5-9-11-13-16-27(8-4)24-30-20-22-32(23-21-30)29-18-19-31(26-29)25-28(15-7-3)17-14-12-10-6-2/h27-29H,5-26H2,1-4H3/t27?,28?,29-/m0/s1. The Morgan fingerprint density at radius 1 is 0.594 bits per heavy atom. The van der Waals surface area contributed by atoms with Crippen LogP contribution in [0, 0.1) is 11.8 Å². The molecule has 0 aromatic carbocycles. The lowest BCUT2D eigenvalue weighted by molar-refractivity contribution is 0.0845. The number of likely N-dealkylation sites (tertiary alicyclic amines) is 1. The highest BCUT2D eigenvalue weighted by atomic mass is 15.3. The van der Waals surface area contributed by atoms with Gasteiger partial charge in [0, 0.05) is 51.9 Å². The minimum atomic E-state index is 0.829. The molecule has 2 rings (SSSR count). The molecule has 0 spiro atoms. The van der Waals surface area contributed by atoms with E-state index in [0.717, 1.165) is 17.9 Å². The van der Waals surface area contributed by atoms with E-state index in [9.17, 15) is 0 Å². The quantitative estimate of drug-likeness (QED) is 0.207. The molecule has 3 nitrogen and oxygen atoms in total. The maximum Gasteiger partial charge on any atom is 0.0236 e. The van der Waals surface area contributed by atoms with Crippen LogP contribution in [0.1, 0.15) is 118 Å². The largest absolute Gasteiger partial charge is 0.301 e. The minimum absolute atomic E-state index is 0.829. The summed E-state index contributed by atoms with van der Waals surface area (Å²) in [6.07, 6.45) is 19.8. The molecule has 0 bridgehead atoms. The van der Waals surface area contributed by atoms with Crippen LogP contribution in [-0.4, -0.2) is 73.1 Å². The molecule has 3 heteroatoms. The molecular weight excluding hydrogens is 390 g/mol. The SMILES string of the molecule is CCCCCCC(CC)CN1CCN([C@H]2CCN(CC(CCC)CCCCCC)C2)CC1. The van der Waals surface area contributed by atoms with E-state index in [1.807, 2.05) is 0 Å². The molecule has 2 fully saturated rings. The molecule has 0 aromatic heterocycles. The predicted molar refractivity (Wildman–Crippen MR) is 143 cm³/mol. The number of nitrogens with zero attached hydrogens (tertiary/aromatic N) is 3. The van der Waals surface area contributed by atoms with E-state index in [0.29, 0.717) is 0 Å². The molecule has 0 aromatic rings. The Morgan fingerprint density at radius 3 is 1.81 bits per heavy atom. The van der Waals surface area contributed by atoms with Crippen LogP contribution in [0.3, 0.4) is 0 Å². The molecule has 2 aliphatic rings. The zero-order valence-corrected chi connectivity index (χ0v) is 22.6. The van der Waals surface area contributed by atoms with E-state index in [1.165, 1.54) is 142 Å². The van der Waals surface area contributed by atoms with Crippen molar-refractivity contribution in [1.82, 2.24) is 14.7 Å². The van der Waals surface area contributed by atoms with Crippen LogP contribution in [0.4, 0.5) is 0 Å². The fourth-order valence-electron chi connectivity index (χ4n) is 6.20. The molecule has 2 aliphatic heterocycles. The van der Waals surface area contributed by atoms with Crippen molar-refractivity contribution in [3.05, 3.63) is 0 Å². The topological polar surface area (TPSA) is 9.72 Å². The average molecular weight is 450 g/mol. The first-order chi connectivity index (χ1) is 15.7. The first kappa shape index (κ1) is 28.1. The summed E-state index contributed by atoms with van der Waals surface area (Å²) < 4.78 is 0. The van der Waals surface area contributed by atoms with Crippen molar-refractivity contribution in [3.63, 3.8) is 0 Å². The number of hydrogen-bond acceptors (Lipinski definition) is 3. The van der Waals surface area contributed by atoms with Gasteiger partial charge in [-0.2, -0.15) is 0 Å². The van der Waals surface area contributed by atoms with Gasteiger partial charge in [0.25, 0.3) is 0 Å². The number of rotatable bonds is 18. The molecule has 0 radical (unpaired) electrons. The molecule has 2 unspecified atom stereocenters. The van der Waals surface area contributed by atoms with Crippen molar-refractivity contribution < 1.29 is 0 Å². The number of piperazine rings is 1. The van der Waals surface area contributed by atoms with E-state index in [2.05, 4.69) is 42.4 Å². The third kappa shape index (κ3) is 10.9. The summed E-state index contributed by atoms with van der Waals surface area (Å²) in [4.78, 5) is 8.44. The summed E-state index contributed by atoms with van der Waals surface area (Å²) in [6, 6.07) is 0.829. The van der Waals surface area contributed by atoms with Crippen molar-refractivity contribution in [1.29, 1.82) is 0 Å². The molecule has 0 amide bonds. The Kier molecular flexibility index (Phi) is 15.2. The monoisotopic (exact) mass is 449 g/mol. The molecule has 0 N–H and O–H groups in total. The Labute approximate surface area is 202 Å². The van der Waals surface area contributed by atoms with Gasteiger partial charge in [0.15, 0.2) is 0 Å². The van der Waals surface area contributed by atoms with Gasteiger partial charge in [0.1, 0.15) is 0 Å². The molecular formula is C29H59N3. The first-order valence-electron chi connectivity index (χ1n) is 14.9. The van der Waals surface area contributed by atoms with E-state index in [4.69, 9.17) is 0 Å². The summed E-state index contributed by atoms with van der Waals surface area (Å²) >= 11 is 0. The normalized spacial score (nSPS) is 23.1. The van der Waals surface area contributed by atoms with Crippen molar-refractivity contribution in [3.8, 4) is 0 Å². The van der Waals surface area contributed by atoms with E-state index < -0.39 is 0 Å². The fourth-order valence-corrected chi connectivity index (χ4v) is 6.20. The molecule has 190 valence electrons.